The number of carbonyl (C=O) groups is 1. The summed E-state index contributed by atoms with van der Waals surface area (Å²) in [6.45, 7) is 0. The van der Waals surface area contributed by atoms with Crippen LogP contribution >= 0.6 is 0 Å². The van der Waals surface area contributed by atoms with Gasteiger partial charge in [-0.05, 0) is 23.8 Å². The van der Waals surface area contributed by atoms with Crippen molar-refractivity contribution in [3.63, 3.8) is 0 Å². The molecule has 1 aromatic heterocycles. The van der Waals surface area contributed by atoms with E-state index in [9.17, 15) is 14.7 Å². The molecule has 178 valence electrons. The van der Waals surface area contributed by atoms with E-state index in [0.717, 1.165) is 5.56 Å². The molecule has 35 heavy (non-hydrogen) atoms. The van der Waals surface area contributed by atoms with E-state index in [1.54, 1.807) is 31.4 Å². The molecule has 1 N–H and O–H groups in total. The first kappa shape index (κ1) is 22.3. The van der Waals surface area contributed by atoms with E-state index < -0.39 is 17.3 Å². The number of phenols is 1. The van der Waals surface area contributed by atoms with Gasteiger partial charge >= 0.3 is 5.97 Å². The molecule has 0 bridgehead atoms. The maximum atomic E-state index is 13.6. The number of hydrogen-bond acceptors (Lipinski definition) is 8. The minimum atomic E-state index is -0.499. The molecule has 8 nitrogen and oxygen atoms in total. The fourth-order valence-corrected chi connectivity index (χ4v) is 4.55. The predicted octanol–water partition coefficient (Wildman–Crippen LogP) is 4.63. The highest BCUT2D eigenvalue weighted by Gasteiger charge is 2.35. The van der Waals surface area contributed by atoms with Gasteiger partial charge in [-0.15, -0.1) is 0 Å². The third-order valence-electron chi connectivity index (χ3n) is 6.18. The summed E-state index contributed by atoms with van der Waals surface area (Å²) in [7, 11) is 4.57. The highest BCUT2D eigenvalue weighted by atomic mass is 16.5. The standard InChI is InChI=1S/C27H22O8/c1-31-19-7-5-4-6-15(19)16-11-23(29)35-22-12-18(28)25-26(30)17(13-34-27(25)24(16)22)14-8-9-20(32-2)21(10-14)33-3/h4-10,12-13,16,28H,11H2,1-3H3/t16-/m1/s1. The molecule has 0 unspecified atom stereocenters. The van der Waals surface area contributed by atoms with Gasteiger partial charge < -0.3 is 28.5 Å². The number of phenolic OH excluding ortho intramolecular Hbond substituents is 1. The van der Waals surface area contributed by atoms with Gasteiger partial charge in [0.2, 0.25) is 5.43 Å². The van der Waals surface area contributed by atoms with E-state index >= 15 is 0 Å². The summed E-state index contributed by atoms with van der Waals surface area (Å²) >= 11 is 0. The van der Waals surface area contributed by atoms with E-state index in [1.165, 1.54) is 26.5 Å². The van der Waals surface area contributed by atoms with Gasteiger partial charge in [-0.3, -0.25) is 9.59 Å². The molecular weight excluding hydrogens is 452 g/mol. The summed E-state index contributed by atoms with van der Waals surface area (Å²) in [5.41, 5.74) is 1.72. The van der Waals surface area contributed by atoms with Crippen molar-refractivity contribution >= 4 is 16.9 Å². The van der Waals surface area contributed by atoms with Crippen molar-refractivity contribution in [3.05, 3.63) is 76.1 Å². The van der Waals surface area contributed by atoms with E-state index in [-0.39, 0.29) is 34.5 Å². The average molecular weight is 474 g/mol. The van der Waals surface area contributed by atoms with Crippen LogP contribution in [0.15, 0.2) is 64.0 Å². The normalized spacial score (nSPS) is 14.8. The van der Waals surface area contributed by atoms with Crippen LogP contribution in [0.25, 0.3) is 22.1 Å². The van der Waals surface area contributed by atoms with E-state index in [4.69, 9.17) is 23.4 Å². The molecule has 0 saturated carbocycles. The lowest BCUT2D eigenvalue weighted by molar-refractivity contribution is -0.135. The summed E-state index contributed by atoms with van der Waals surface area (Å²) in [5, 5.41) is 10.8. The number of carbonyl (C=O) groups excluding carboxylic acids is 1. The summed E-state index contributed by atoms with van der Waals surface area (Å²) in [4.78, 5) is 26.0. The van der Waals surface area contributed by atoms with Crippen LogP contribution in [0.1, 0.15) is 23.5 Å². The smallest absolute Gasteiger partial charge is 0.312 e. The summed E-state index contributed by atoms with van der Waals surface area (Å²) in [5.74, 6) is 0.385. The number of esters is 1. The molecule has 0 amide bonds. The molecule has 0 saturated heterocycles. The number of methoxy groups -OCH3 is 3. The first-order chi connectivity index (χ1) is 17.0. The third kappa shape index (κ3) is 3.63. The van der Waals surface area contributed by atoms with Crippen LogP contribution in [-0.2, 0) is 4.79 Å². The Kier molecular flexibility index (Phi) is 5.56. The van der Waals surface area contributed by atoms with E-state index in [2.05, 4.69) is 0 Å². The first-order valence-electron chi connectivity index (χ1n) is 10.8. The molecule has 0 fully saturated rings. The molecule has 0 spiro atoms. The highest BCUT2D eigenvalue weighted by molar-refractivity contribution is 5.94. The Balaban J connectivity index is 1.76. The number of benzene rings is 3. The quantitative estimate of drug-likeness (QED) is 0.330. The fourth-order valence-electron chi connectivity index (χ4n) is 4.55. The van der Waals surface area contributed by atoms with E-state index in [0.29, 0.717) is 28.4 Å². The monoisotopic (exact) mass is 474 g/mol. The Hall–Kier alpha value is -4.46. The number of fused-ring (bicyclic) bond motifs is 3. The molecular formula is C27H22O8. The zero-order valence-corrected chi connectivity index (χ0v) is 19.3. The molecule has 4 aromatic rings. The largest absolute Gasteiger partial charge is 0.507 e. The first-order valence-corrected chi connectivity index (χ1v) is 10.8. The summed E-state index contributed by atoms with van der Waals surface area (Å²) in [6, 6.07) is 13.6. The Morgan fingerprint density at radius 2 is 1.66 bits per heavy atom. The average Bonchev–Trinajstić information content (AvgIpc) is 2.87. The third-order valence-corrected chi connectivity index (χ3v) is 6.18. The lowest BCUT2D eigenvalue weighted by Gasteiger charge is -2.27. The summed E-state index contributed by atoms with van der Waals surface area (Å²) in [6.07, 6.45) is 1.36. The zero-order valence-electron chi connectivity index (χ0n) is 19.3. The number of rotatable bonds is 5. The van der Waals surface area contributed by atoms with Crippen molar-refractivity contribution in [3.8, 4) is 39.9 Å². The second-order valence-electron chi connectivity index (χ2n) is 8.03. The van der Waals surface area contributed by atoms with Gasteiger partial charge in [0, 0.05) is 23.1 Å². The van der Waals surface area contributed by atoms with Gasteiger partial charge in [-0.2, -0.15) is 0 Å². The lowest BCUT2D eigenvalue weighted by Crippen LogP contribution is -2.22. The van der Waals surface area contributed by atoms with Gasteiger partial charge in [-0.25, -0.2) is 0 Å². The Morgan fingerprint density at radius 1 is 0.914 bits per heavy atom. The van der Waals surface area contributed by atoms with Crippen molar-refractivity contribution in [2.75, 3.05) is 21.3 Å². The van der Waals surface area contributed by atoms with Gasteiger partial charge in [0.25, 0.3) is 0 Å². The van der Waals surface area contributed by atoms with Crippen LogP contribution in [0, 0.1) is 0 Å². The number of para-hydroxylation sites is 1. The van der Waals surface area contributed by atoms with Crippen molar-refractivity contribution in [2.45, 2.75) is 12.3 Å². The van der Waals surface area contributed by atoms with Gasteiger partial charge in [0.15, 0.2) is 11.5 Å². The predicted molar refractivity (Wildman–Crippen MR) is 128 cm³/mol. The molecule has 2 heterocycles. The Labute approximate surface area is 200 Å². The van der Waals surface area contributed by atoms with Crippen molar-refractivity contribution in [2.24, 2.45) is 0 Å². The van der Waals surface area contributed by atoms with Crippen LogP contribution in [0.4, 0.5) is 0 Å². The molecule has 1 aliphatic heterocycles. The molecule has 5 rings (SSSR count). The van der Waals surface area contributed by atoms with Crippen molar-refractivity contribution < 1.29 is 33.3 Å². The maximum absolute atomic E-state index is 13.6. The molecule has 1 aliphatic rings. The van der Waals surface area contributed by atoms with E-state index in [1.807, 2.05) is 18.2 Å². The molecule has 0 aliphatic carbocycles. The second kappa shape index (κ2) is 8.72. The maximum Gasteiger partial charge on any atom is 0.312 e. The van der Waals surface area contributed by atoms with Gasteiger partial charge in [0.05, 0.1) is 33.3 Å². The molecule has 8 heteroatoms. The van der Waals surface area contributed by atoms with Crippen LogP contribution in [-0.4, -0.2) is 32.4 Å². The fraction of sp³-hybridized carbons (Fsp3) is 0.185. The Morgan fingerprint density at radius 3 is 2.40 bits per heavy atom. The Bertz CT molecular complexity index is 1520. The van der Waals surface area contributed by atoms with Crippen molar-refractivity contribution in [1.82, 2.24) is 0 Å². The summed E-state index contributed by atoms with van der Waals surface area (Å²) < 4.78 is 27.5. The number of ether oxygens (including phenoxy) is 4. The number of aromatic hydroxyl groups is 1. The van der Waals surface area contributed by atoms with Gasteiger partial charge in [0.1, 0.15) is 34.5 Å². The van der Waals surface area contributed by atoms with Crippen molar-refractivity contribution in [1.29, 1.82) is 0 Å². The lowest BCUT2D eigenvalue weighted by atomic mass is 9.84. The topological polar surface area (TPSA) is 104 Å². The molecule has 3 aromatic carbocycles. The SMILES string of the molecule is COc1ccc(-c2coc3c4c(cc(O)c3c2=O)OC(=O)C[C@@H]4c2ccccc2OC)cc1OC. The van der Waals surface area contributed by atoms with Crippen LogP contribution in [0.2, 0.25) is 0 Å². The van der Waals surface area contributed by atoms with Crippen LogP contribution in [0.3, 0.4) is 0 Å². The van der Waals surface area contributed by atoms with Gasteiger partial charge in [-0.1, -0.05) is 24.3 Å². The number of hydrogen-bond donors (Lipinski definition) is 1. The molecule has 1 atom stereocenters. The zero-order chi connectivity index (χ0) is 24.7. The highest BCUT2D eigenvalue weighted by Crippen LogP contribution is 2.47. The minimum absolute atomic E-state index is 0.00566. The molecule has 0 radical (unpaired) electrons. The minimum Gasteiger partial charge on any atom is -0.507 e. The van der Waals surface area contributed by atoms with Crippen LogP contribution < -0.4 is 24.4 Å². The van der Waals surface area contributed by atoms with Crippen LogP contribution in [0.5, 0.6) is 28.7 Å². The second-order valence-corrected chi connectivity index (χ2v) is 8.03.